The van der Waals surface area contributed by atoms with Crippen LogP contribution in [0.25, 0.3) is 0 Å². The number of amides is 1. The molecule has 0 radical (unpaired) electrons. The van der Waals surface area contributed by atoms with Gasteiger partial charge in [-0.1, -0.05) is 18.2 Å². The molecule has 1 spiro atoms. The first-order valence-corrected chi connectivity index (χ1v) is 6.95. The van der Waals surface area contributed by atoms with Gasteiger partial charge in [0, 0.05) is 11.3 Å². The number of para-hydroxylation sites is 1. The highest BCUT2D eigenvalue weighted by molar-refractivity contribution is 8.01. The quantitative estimate of drug-likeness (QED) is 0.748. The van der Waals surface area contributed by atoms with Crippen molar-refractivity contribution in [1.82, 2.24) is 14.8 Å². The fourth-order valence-corrected chi connectivity index (χ4v) is 3.57. The average molecular weight is 287 g/mol. The summed E-state index contributed by atoms with van der Waals surface area (Å²) in [6, 6.07) is 7.42. The molecule has 2 N–H and O–H groups in total. The van der Waals surface area contributed by atoms with E-state index in [2.05, 4.69) is 20.7 Å². The van der Waals surface area contributed by atoms with Crippen LogP contribution < -0.4 is 10.6 Å². The number of anilines is 2. The lowest BCUT2D eigenvalue weighted by atomic mass is 10.1. The molecule has 1 atom stereocenters. The summed E-state index contributed by atoms with van der Waals surface area (Å²) < 4.78 is 1.19. The second kappa shape index (κ2) is 3.83. The molecule has 0 saturated heterocycles. The molecule has 1 unspecified atom stereocenters. The lowest BCUT2D eigenvalue weighted by molar-refractivity contribution is -0.117. The van der Waals surface area contributed by atoms with Crippen molar-refractivity contribution >= 4 is 35.2 Å². The van der Waals surface area contributed by atoms with E-state index >= 15 is 0 Å². The topological polar surface area (TPSA) is 88.9 Å². The van der Waals surface area contributed by atoms with E-state index in [1.165, 1.54) is 22.8 Å². The van der Waals surface area contributed by atoms with Gasteiger partial charge in [-0.25, -0.2) is 0 Å². The fraction of sp³-hybridized carbons (Fsp3) is 0.167. The van der Waals surface area contributed by atoms with Crippen LogP contribution in [0.5, 0.6) is 0 Å². The van der Waals surface area contributed by atoms with Crippen LogP contribution in [0, 0.1) is 0 Å². The molecule has 2 aromatic rings. The van der Waals surface area contributed by atoms with Gasteiger partial charge in [0.25, 0.3) is 11.8 Å². The molecule has 2 aliphatic heterocycles. The molecule has 0 bridgehead atoms. The van der Waals surface area contributed by atoms with Gasteiger partial charge < -0.3 is 10.6 Å². The van der Waals surface area contributed by atoms with Gasteiger partial charge in [-0.3, -0.25) is 9.59 Å². The highest BCUT2D eigenvalue weighted by atomic mass is 32.2. The van der Waals surface area contributed by atoms with Gasteiger partial charge >= 0.3 is 0 Å². The first-order chi connectivity index (χ1) is 9.71. The minimum atomic E-state index is -1.03. The van der Waals surface area contributed by atoms with Crippen LogP contribution in [0.1, 0.15) is 10.4 Å². The summed E-state index contributed by atoms with van der Waals surface area (Å²) in [6.07, 6.45) is 1.29. The predicted octanol–water partition coefficient (Wildman–Crippen LogP) is 0.882. The summed E-state index contributed by atoms with van der Waals surface area (Å²) in [5.41, 5.74) is 1.55. The molecular formula is C12H9N5O2S. The maximum atomic E-state index is 12.4. The molecule has 100 valence electrons. The van der Waals surface area contributed by atoms with Gasteiger partial charge in [0.2, 0.25) is 5.95 Å². The van der Waals surface area contributed by atoms with Crippen molar-refractivity contribution in [3.05, 3.63) is 36.2 Å². The highest BCUT2D eigenvalue weighted by Crippen LogP contribution is 2.46. The van der Waals surface area contributed by atoms with Crippen molar-refractivity contribution in [3.63, 3.8) is 0 Å². The number of aromatic nitrogens is 3. The molecule has 0 aliphatic carbocycles. The normalized spacial score (nSPS) is 23.8. The molecule has 2 aliphatic rings. The third-order valence-corrected chi connectivity index (χ3v) is 4.69. The van der Waals surface area contributed by atoms with Crippen LogP contribution in [0.2, 0.25) is 0 Å². The van der Waals surface area contributed by atoms with Gasteiger partial charge in [0.15, 0.2) is 4.87 Å². The summed E-state index contributed by atoms with van der Waals surface area (Å²) in [6.45, 7) is 0. The van der Waals surface area contributed by atoms with Crippen molar-refractivity contribution in [3.8, 4) is 0 Å². The average Bonchev–Trinajstić information content (AvgIpc) is 2.97. The molecular weight excluding hydrogens is 278 g/mol. The van der Waals surface area contributed by atoms with Gasteiger partial charge in [0.1, 0.15) is 6.33 Å². The number of rotatable bonds is 0. The summed E-state index contributed by atoms with van der Waals surface area (Å²) >= 11 is 1.24. The van der Waals surface area contributed by atoms with E-state index in [9.17, 15) is 9.59 Å². The van der Waals surface area contributed by atoms with Gasteiger partial charge in [-0.2, -0.15) is 14.8 Å². The SMILES string of the molecule is O=C1CSC2(Nc3ncnn31)C(=O)Nc1ccccc12. The van der Waals surface area contributed by atoms with E-state index in [1.807, 2.05) is 24.3 Å². The zero-order valence-corrected chi connectivity index (χ0v) is 11.0. The number of thioether (sulfide) groups is 1. The van der Waals surface area contributed by atoms with Crippen molar-refractivity contribution in [2.75, 3.05) is 16.4 Å². The molecule has 20 heavy (non-hydrogen) atoms. The number of hydrogen-bond acceptors (Lipinski definition) is 6. The third-order valence-electron chi connectivity index (χ3n) is 3.36. The standard InChI is InChI=1S/C12H9N5O2S/c18-9-5-20-12(16-11-13-6-14-17(9)11)7-3-1-2-4-8(7)15-10(12)19/h1-4,6H,5H2,(H,15,19)(H,13,14,16). The van der Waals surface area contributed by atoms with Crippen LogP contribution >= 0.6 is 11.8 Å². The van der Waals surface area contributed by atoms with E-state index in [1.54, 1.807) is 0 Å². The summed E-state index contributed by atoms with van der Waals surface area (Å²) in [5, 5.41) is 9.78. The smallest absolute Gasteiger partial charge is 0.265 e. The van der Waals surface area contributed by atoms with Crippen molar-refractivity contribution < 1.29 is 9.59 Å². The number of benzene rings is 1. The molecule has 0 saturated carbocycles. The van der Waals surface area contributed by atoms with Gasteiger partial charge in [0.05, 0.1) is 5.75 Å². The van der Waals surface area contributed by atoms with Crippen molar-refractivity contribution in [1.29, 1.82) is 0 Å². The second-order valence-corrected chi connectivity index (χ2v) is 5.67. The van der Waals surface area contributed by atoms with Crippen LogP contribution in [-0.2, 0) is 9.67 Å². The van der Waals surface area contributed by atoms with Crippen LogP contribution in [0.4, 0.5) is 11.6 Å². The second-order valence-electron chi connectivity index (χ2n) is 4.48. The Morgan fingerprint density at radius 2 is 2.15 bits per heavy atom. The Hall–Kier alpha value is -2.35. The Morgan fingerprint density at radius 3 is 3.05 bits per heavy atom. The minimum absolute atomic E-state index is 0.144. The Labute approximate surface area is 117 Å². The van der Waals surface area contributed by atoms with E-state index in [0.29, 0.717) is 0 Å². The summed E-state index contributed by atoms with van der Waals surface area (Å²) in [4.78, 5) is 27.4. The van der Waals surface area contributed by atoms with E-state index in [4.69, 9.17) is 0 Å². The van der Waals surface area contributed by atoms with E-state index < -0.39 is 4.87 Å². The molecule has 0 fully saturated rings. The van der Waals surface area contributed by atoms with Crippen LogP contribution in [-0.4, -0.2) is 32.3 Å². The first-order valence-electron chi connectivity index (χ1n) is 5.97. The zero-order chi connectivity index (χ0) is 13.7. The molecule has 1 amide bonds. The lowest BCUT2D eigenvalue weighted by Crippen LogP contribution is -2.39. The molecule has 3 heterocycles. The maximum absolute atomic E-state index is 12.4. The Balaban J connectivity index is 1.90. The molecule has 7 nitrogen and oxygen atoms in total. The summed E-state index contributed by atoms with van der Waals surface area (Å²) in [5.74, 6) is 0.0225. The molecule has 8 heteroatoms. The molecule has 1 aromatic heterocycles. The maximum Gasteiger partial charge on any atom is 0.265 e. The van der Waals surface area contributed by atoms with Crippen molar-refractivity contribution in [2.45, 2.75) is 4.87 Å². The van der Waals surface area contributed by atoms with Crippen LogP contribution in [0.15, 0.2) is 30.6 Å². The van der Waals surface area contributed by atoms with E-state index in [-0.39, 0.29) is 23.5 Å². The number of fused-ring (bicyclic) bond motifs is 3. The largest absolute Gasteiger partial charge is 0.328 e. The number of carbonyl (C=O) groups excluding carboxylic acids is 2. The number of hydrogen-bond donors (Lipinski definition) is 2. The number of nitrogens with one attached hydrogen (secondary N) is 2. The third kappa shape index (κ3) is 1.36. The predicted molar refractivity (Wildman–Crippen MR) is 73.5 cm³/mol. The number of carbonyl (C=O) groups is 2. The van der Waals surface area contributed by atoms with Gasteiger partial charge in [-0.15, -0.1) is 11.8 Å². The first kappa shape index (κ1) is 11.5. The van der Waals surface area contributed by atoms with Gasteiger partial charge in [-0.05, 0) is 6.07 Å². The monoisotopic (exact) mass is 287 g/mol. The van der Waals surface area contributed by atoms with Crippen LogP contribution in [0.3, 0.4) is 0 Å². The Morgan fingerprint density at radius 1 is 1.30 bits per heavy atom. The number of nitrogens with zero attached hydrogens (tertiary/aromatic N) is 3. The summed E-state index contributed by atoms with van der Waals surface area (Å²) in [7, 11) is 0. The zero-order valence-electron chi connectivity index (χ0n) is 10.2. The van der Waals surface area contributed by atoms with E-state index in [0.717, 1.165) is 11.3 Å². The molecule has 4 rings (SSSR count). The molecule has 1 aromatic carbocycles. The lowest BCUT2D eigenvalue weighted by Gasteiger charge is -2.25. The fourth-order valence-electron chi connectivity index (χ4n) is 2.43. The Bertz CT molecular complexity index is 743. The highest BCUT2D eigenvalue weighted by Gasteiger charge is 2.50. The Kier molecular flexibility index (Phi) is 2.19. The minimum Gasteiger partial charge on any atom is -0.328 e. The van der Waals surface area contributed by atoms with Crippen molar-refractivity contribution in [2.24, 2.45) is 0 Å².